The van der Waals surface area contributed by atoms with Crippen molar-refractivity contribution in [1.82, 2.24) is 0 Å². The molecule has 0 aliphatic carbocycles. The summed E-state index contributed by atoms with van der Waals surface area (Å²) in [6.07, 6.45) is 1.16. The second-order valence-electron chi connectivity index (χ2n) is 4.06. The highest BCUT2D eigenvalue weighted by molar-refractivity contribution is 5.57. The Balaban J connectivity index is 2.71. The molecule has 0 N–H and O–H groups in total. The van der Waals surface area contributed by atoms with Crippen molar-refractivity contribution in [3.05, 3.63) is 42.2 Å². The molecule has 0 amide bonds. The predicted octanol–water partition coefficient (Wildman–Crippen LogP) is 3.77. The number of halogens is 1. The maximum atomic E-state index is 13.4. The Morgan fingerprint density at radius 3 is 2.29 bits per heavy atom. The number of benzene rings is 1. The van der Waals surface area contributed by atoms with Gasteiger partial charge < -0.3 is 4.74 Å². The summed E-state index contributed by atoms with van der Waals surface area (Å²) < 4.78 is 18.6. The van der Waals surface area contributed by atoms with Gasteiger partial charge in [0.25, 0.3) is 0 Å². The molecule has 0 fully saturated rings. The van der Waals surface area contributed by atoms with Crippen LogP contribution in [0.1, 0.15) is 26.3 Å². The zero-order chi connectivity index (χ0) is 10.6. The van der Waals surface area contributed by atoms with Gasteiger partial charge in [-0.15, -0.1) is 0 Å². The zero-order valence-corrected chi connectivity index (χ0v) is 8.75. The van der Waals surface area contributed by atoms with Crippen molar-refractivity contribution in [1.29, 1.82) is 0 Å². The van der Waals surface area contributed by atoms with E-state index >= 15 is 0 Å². The minimum absolute atomic E-state index is 0.347. The van der Waals surface area contributed by atoms with E-state index in [1.54, 1.807) is 24.3 Å². The Morgan fingerprint density at radius 2 is 1.79 bits per heavy atom. The molecule has 0 aromatic heterocycles. The van der Waals surface area contributed by atoms with E-state index in [-0.39, 0.29) is 11.4 Å². The van der Waals surface area contributed by atoms with Crippen LogP contribution >= 0.6 is 0 Å². The van der Waals surface area contributed by atoms with Crippen molar-refractivity contribution >= 4 is 5.83 Å². The van der Waals surface area contributed by atoms with Crippen LogP contribution < -0.4 is 0 Å². The maximum absolute atomic E-state index is 13.4. The average molecular weight is 194 g/mol. The lowest BCUT2D eigenvalue weighted by molar-refractivity contribution is 0.0761. The summed E-state index contributed by atoms with van der Waals surface area (Å²) in [6.45, 7) is 5.63. The van der Waals surface area contributed by atoms with Crippen LogP contribution in [0.2, 0.25) is 0 Å². The molecule has 0 bridgehead atoms. The van der Waals surface area contributed by atoms with Gasteiger partial charge in [-0.25, -0.2) is 4.39 Å². The Labute approximate surface area is 84.2 Å². The van der Waals surface area contributed by atoms with E-state index in [1.165, 1.54) is 0 Å². The van der Waals surface area contributed by atoms with Gasteiger partial charge in [0.15, 0.2) is 5.83 Å². The lowest BCUT2D eigenvalue weighted by Gasteiger charge is -2.17. The summed E-state index contributed by atoms with van der Waals surface area (Å²) >= 11 is 0. The molecular weight excluding hydrogens is 179 g/mol. The van der Waals surface area contributed by atoms with Crippen LogP contribution in [0.3, 0.4) is 0 Å². The fourth-order valence-corrected chi connectivity index (χ4v) is 0.894. The molecule has 1 aromatic carbocycles. The third kappa shape index (κ3) is 3.60. The van der Waals surface area contributed by atoms with Gasteiger partial charge in [0, 0.05) is 5.56 Å². The minimum atomic E-state index is -0.355. The van der Waals surface area contributed by atoms with Crippen LogP contribution in [0.5, 0.6) is 0 Å². The first-order valence-electron chi connectivity index (χ1n) is 4.58. The third-order valence-corrected chi connectivity index (χ3v) is 1.57. The topological polar surface area (TPSA) is 9.23 Å². The number of hydrogen-bond acceptors (Lipinski definition) is 1. The van der Waals surface area contributed by atoms with Gasteiger partial charge in [0.2, 0.25) is 0 Å². The molecule has 1 aromatic rings. The molecule has 2 heteroatoms. The molecular formula is C12H15FO. The Kier molecular flexibility index (Phi) is 3.28. The molecule has 1 rings (SSSR count). The van der Waals surface area contributed by atoms with E-state index in [1.807, 2.05) is 26.8 Å². The van der Waals surface area contributed by atoms with E-state index in [9.17, 15) is 4.39 Å². The Morgan fingerprint density at radius 1 is 1.21 bits per heavy atom. The summed E-state index contributed by atoms with van der Waals surface area (Å²) in [6, 6.07) is 8.84. The van der Waals surface area contributed by atoms with Crippen molar-refractivity contribution in [2.75, 3.05) is 0 Å². The van der Waals surface area contributed by atoms with Crippen molar-refractivity contribution in [2.45, 2.75) is 26.4 Å². The van der Waals surface area contributed by atoms with Crippen LogP contribution in [-0.2, 0) is 4.74 Å². The SMILES string of the molecule is CC(C)(C)OC=C(F)c1ccccc1. The highest BCUT2D eigenvalue weighted by Gasteiger charge is 2.09. The molecule has 0 unspecified atom stereocenters. The van der Waals surface area contributed by atoms with E-state index in [0.717, 1.165) is 6.26 Å². The van der Waals surface area contributed by atoms with E-state index in [0.29, 0.717) is 5.56 Å². The fourth-order valence-electron chi connectivity index (χ4n) is 0.894. The van der Waals surface area contributed by atoms with E-state index < -0.39 is 0 Å². The first kappa shape index (κ1) is 10.8. The Bertz CT molecular complexity index is 309. The van der Waals surface area contributed by atoms with Crippen LogP contribution in [0.25, 0.3) is 5.83 Å². The van der Waals surface area contributed by atoms with Crippen molar-refractivity contribution in [2.24, 2.45) is 0 Å². The first-order chi connectivity index (χ1) is 6.49. The van der Waals surface area contributed by atoms with Gasteiger partial charge in [-0.05, 0) is 20.8 Å². The highest BCUT2D eigenvalue weighted by Crippen LogP contribution is 2.17. The standard InChI is InChI=1S/C12H15FO/c1-12(2,3)14-9-11(13)10-7-5-4-6-8-10/h4-9H,1-3H3. The molecule has 0 saturated heterocycles. The Hall–Kier alpha value is -1.31. The van der Waals surface area contributed by atoms with E-state index in [4.69, 9.17) is 4.74 Å². The largest absolute Gasteiger partial charge is 0.493 e. The summed E-state index contributed by atoms with van der Waals surface area (Å²) in [5.74, 6) is -0.347. The van der Waals surface area contributed by atoms with Gasteiger partial charge in [0.1, 0.15) is 6.26 Å². The monoisotopic (exact) mass is 194 g/mol. The quantitative estimate of drug-likeness (QED) is 0.651. The van der Waals surface area contributed by atoms with Crippen LogP contribution in [0, 0.1) is 0 Å². The van der Waals surface area contributed by atoms with Gasteiger partial charge in [-0.2, -0.15) is 0 Å². The lowest BCUT2D eigenvalue weighted by atomic mass is 10.2. The number of ether oxygens (including phenoxy) is 1. The summed E-state index contributed by atoms with van der Waals surface area (Å²) in [5.41, 5.74) is 0.184. The normalized spacial score (nSPS) is 12.7. The first-order valence-corrected chi connectivity index (χ1v) is 4.58. The average Bonchev–Trinajstić information content (AvgIpc) is 2.14. The molecule has 0 heterocycles. The summed E-state index contributed by atoms with van der Waals surface area (Å²) in [4.78, 5) is 0. The molecule has 14 heavy (non-hydrogen) atoms. The molecule has 1 nitrogen and oxygen atoms in total. The molecule has 0 radical (unpaired) electrons. The van der Waals surface area contributed by atoms with Gasteiger partial charge in [0.05, 0.1) is 5.60 Å². The molecule has 76 valence electrons. The van der Waals surface area contributed by atoms with Crippen LogP contribution in [0.15, 0.2) is 36.6 Å². The second-order valence-corrected chi connectivity index (χ2v) is 4.06. The van der Waals surface area contributed by atoms with Crippen molar-refractivity contribution in [3.63, 3.8) is 0 Å². The third-order valence-electron chi connectivity index (χ3n) is 1.57. The van der Waals surface area contributed by atoms with Crippen molar-refractivity contribution < 1.29 is 9.13 Å². The number of hydrogen-bond donors (Lipinski definition) is 0. The smallest absolute Gasteiger partial charge is 0.164 e. The van der Waals surface area contributed by atoms with Gasteiger partial charge in [-0.3, -0.25) is 0 Å². The highest BCUT2D eigenvalue weighted by atomic mass is 19.1. The summed E-state index contributed by atoms with van der Waals surface area (Å²) in [7, 11) is 0. The molecule has 0 aliphatic heterocycles. The van der Waals surface area contributed by atoms with Gasteiger partial charge in [-0.1, -0.05) is 30.3 Å². The van der Waals surface area contributed by atoms with Gasteiger partial charge >= 0.3 is 0 Å². The van der Waals surface area contributed by atoms with Crippen LogP contribution in [-0.4, -0.2) is 5.60 Å². The number of rotatable bonds is 2. The second kappa shape index (κ2) is 4.27. The summed E-state index contributed by atoms with van der Waals surface area (Å²) in [5, 5.41) is 0. The van der Waals surface area contributed by atoms with E-state index in [2.05, 4.69) is 0 Å². The zero-order valence-electron chi connectivity index (χ0n) is 8.75. The molecule has 0 atom stereocenters. The molecule has 0 aliphatic rings. The maximum Gasteiger partial charge on any atom is 0.164 e. The lowest BCUT2D eigenvalue weighted by Crippen LogP contribution is -2.15. The van der Waals surface area contributed by atoms with Crippen molar-refractivity contribution in [3.8, 4) is 0 Å². The molecule has 0 spiro atoms. The van der Waals surface area contributed by atoms with Crippen LogP contribution in [0.4, 0.5) is 4.39 Å². The fraction of sp³-hybridized carbons (Fsp3) is 0.333. The predicted molar refractivity (Wildman–Crippen MR) is 56.4 cm³/mol. The minimum Gasteiger partial charge on any atom is -0.493 e. The molecule has 0 saturated carbocycles.